The Labute approximate surface area is 145 Å². The summed E-state index contributed by atoms with van der Waals surface area (Å²) >= 11 is 0. The van der Waals surface area contributed by atoms with Gasteiger partial charge < -0.3 is 10.2 Å². The molecule has 0 amide bonds. The smallest absolute Gasteiger partial charge is 0.294 e. The fourth-order valence-corrected chi connectivity index (χ4v) is 2.20. The SMILES string of the molecule is O=S(=O)(O)c1ccc(O)cc1.O=S(=O)(O)c1ccc(O)cc1.[Zn]. The Hall–Kier alpha value is -1.52. The molecule has 0 saturated heterocycles. The molecule has 0 fully saturated rings. The van der Waals surface area contributed by atoms with Gasteiger partial charge in [0.25, 0.3) is 20.2 Å². The van der Waals surface area contributed by atoms with Crippen molar-refractivity contribution < 1.29 is 55.6 Å². The number of phenolic OH excluding ortho intramolecular Hbond substituents is 2. The number of phenols is 2. The summed E-state index contributed by atoms with van der Waals surface area (Å²) in [5.41, 5.74) is 0. The van der Waals surface area contributed by atoms with Crippen molar-refractivity contribution in [2.45, 2.75) is 9.79 Å². The molecule has 0 aliphatic rings. The summed E-state index contributed by atoms with van der Waals surface area (Å²) in [4.78, 5) is -0.453. The zero-order chi connectivity index (χ0) is 17.0. The first-order chi connectivity index (χ1) is 10.00. The Morgan fingerprint density at radius 3 is 0.957 bits per heavy atom. The van der Waals surface area contributed by atoms with Gasteiger partial charge in [0, 0.05) is 19.5 Å². The monoisotopic (exact) mass is 412 g/mol. The van der Waals surface area contributed by atoms with E-state index in [0.29, 0.717) is 0 Å². The van der Waals surface area contributed by atoms with E-state index < -0.39 is 20.2 Å². The van der Waals surface area contributed by atoms with Gasteiger partial charge in [0.05, 0.1) is 9.79 Å². The van der Waals surface area contributed by atoms with Crippen LogP contribution in [-0.2, 0) is 39.7 Å². The van der Waals surface area contributed by atoms with Crippen molar-refractivity contribution >= 4 is 20.2 Å². The summed E-state index contributed by atoms with van der Waals surface area (Å²) in [6.07, 6.45) is 0. The molecule has 0 atom stereocenters. The predicted octanol–water partition coefficient (Wildman–Crippen LogP) is 1.28. The standard InChI is InChI=1S/2C6H6O4S.Zn/c2*7-5-1-3-6(4-2-5)11(8,9)10;/h2*1-4,7H,(H,8,9,10);. The largest absolute Gasteiger partial charge is 0.508 e. The van der Waals surface area contributed by atoms with Crippen LogP contribution in [0.3, 0.4) is 0 Å². The van der Waals surface area contributed by atoms with Gasteiger partial charge in [-0.15, -0.1) is 0 Å². The van der Waals surface area contributed by atoms with Crippen molar-refractivity contribution in [1.29, 1.82) is 0 Å². The maximum absolute atomic E-state index is 10.4. The van der Waals surface area contributed by atoms with Crippen LogP contribution in [0, 0.1) is 0 Å². The van der Waals surface area contributed by atoms with Gasteiger partial charge in [0.1, 0.15) is 11.5 Å². The van der Waals surface area contributed by atoms with E-state index in [0.717, 1.165) is 24.3 Å². The van der Waals surface area contributed by atoms with Crippen LogP contribution in [0.1, 0.15) is 0 Å². The fraction of sp³-hybridized carbons (Fsp3) is 0. The van der Waals surface area contributed by atoms with Gasteiger partial charge >= 0.3 is 0 Å². The first-order valence-electron chi connectivity index (χ1n) is 5.53. The third-order valence-electron chi connectivity index (χ3n) is 2.27. The van der Waals surface area contributed by atoms with Gasteiger partial charge in [-0.2, -0.15) is 16.8 Å². The van der Waals surface area contributed by atoms with E-state index in [1.165, 1.54) is 24.3 Å². The van der Waals surface area contributed by atoms with E-state index in [4.69, 9.17) is 19.3 Å². The minimum Gasteiger partial charge on any atom is -0.508 e. The first kappa shape index (κ1) is 21.5. The van der Waals surface area contributed by atoms with Gasteiger partial charge in [0.15, 0.2) is 0 Å². The van der Waals surface area contributed by atoms with Crippen molar-refractivity contribution in [3.05, 3.63) is 48.5 Å². The van der Waals surface area contributed by atoms with Gasteiger partial charge in [-0.25, -0.2) is 0 Å². The second kappa shape index (κ2) is 8.37. The van der Waals surface area contributed by atoms with Gasteiger partial charge in [0.2, 0.25) is 0 Å². The van der Waals surface area contributed by atoms with Crippen LogP contribution in [0.5, 0.6) is 11.5 Å². The molecule has 0 aliphatic carbocycles. The van der Waals surface area contributed by atoms with E-state index in [-0.39, 0.29) is 40.8 Å². The molecule has 0 saturated carbocycles. The normalized spacial score (nSPS) is 10.9. The van der Waals surface area contributed by atoms with Gasteiger partial charge in [-0.1, -0.05) is 0 Å². The van der Waals surface area contributed by atoms with Crippen LogP contribution >= 0.6 is 0 Å². The molecule has 0 aromatic heterocycles. The molecular formula is C12H12O8S2Zn. The van der Waals surface area contributed by atoms with Crippen molar-refractivity contribution in [1.82, 2.24) is 0 Å². The Bertz CT molecular complexity index is 754. The van der Waals surface area contributed by atoms with Gasteiger partial charge in [-0.05, 0) is 48.5 Å². The summed E-state index contributed by atoms with van der Waals surface area (Å²) < 4.78 is 58.6. The second-order valence-electron chi connectivity index (χ2n) is 3.94. The molecule has 0 heterocycles. The third-order valence-corrected chi connectivity index (χ3v) is 4.00. The summed E-state index contributed by atoms with van der Waals surface area (Å²) in [6, 6.07) is 9.20. The molecule has 122 valence electrons. The van der Waals surface area contributed by atoms with Crippen LogP contribution in [0.25, 0.3) is 0 Å². The Morgan fingerprint density at radius 1 is 0.565 bits per heavy atom. The molecule has 4 N–H and O–H groups in total. The van der Waals surface area contributed by atoms with E-state index in [1.54, 1.807) is 0 Å². The molecule has 2 aromatic carbocycles. The zero-order valence-electron chi connectivity index (χ0n) is 11.6. The fourth-order valence-electron chi connectivity index (χ4n) is 1.24. The van der Waals surface area contributed by atoms with Crippen molar-refractivity contribution in [2.24, 2.45) is 0 Å². The Morgan fingerprint density at radius 2 is 0.783 bits per heavy atom. The van der Waals surface area contributed by atoms with E-state index in [9.17, 15) is 16.8 Å². The van der Waals surface area contributed by atoms with Gasteiger partial charge in [-0.3, -0.25) is 9.11 Å². The molecule has 0 unspecified atom stereocenters. The zero-order valence-corrected chi connectivity index (χ0v) is 16.2. The quantitative estimate of drug-likeness (QED) is 0.425. The maximum Gasteiger partial charge on any atom is 0.294 e. The minimum atomic E-state index is -4.13. The van der Waals surface area contributed by atoms with Crippen molar-refractivity contribution in [3.63, 3.8) is 0 Å². The summed E-state index contributed by atoms with van der Waals surface area (Å²) in [5, 5.41) is 17.5. The third kappa shape index (κ3) is 7.53. The number of hydrogen-bond donors (Lipinski definition) is 4. The minimum absolute atomic E-state index is 0. The number of hydrogen-bond acceptors (Lipinski definition) is 6. The Balaban J connectivity index is 0.000000403. The molecule has 2 aromatic rings. The molecule has 0 radical (unpaired) electrons. The second-order valence-corrected chi connectivity index (χ2v) is 6.78. The summed E-state index contributed by atoms with van der Waals surface area (Å²) in [7, 11) is -8.26. The number of aromatic hydroxyl groups is 2. The van der Waals surface area contributed by atoms with Crippen LogP contribution < -0.4 is 0 Å². The molecular weight excluding hydrogens is 402 g/mol. The molecule has 8 nitrogen and oxygen atoms in total. The Kier molecular flexibility index (Phi) is 7.82. The van der Waals surface area contributed by atoms with Crippen molar-refractivity contribution in [2.75, 3.05) is 0 Å². The van der Waals surface area contributed by atoms with E-state index in [2.05, 4.69) is 0 Å². The predicted molar refractivity (Wildman–Crippen MR) is 75.8 cm³/mol. The molecule has 0 aliphatic heterocycles. The van der Waals surface area contributed by atoms with Crippen LogP contribution in [0.15, 0.2) is 58.3 Å². The molecule has 0 bridgehead atoms. The van der Waals surface area contributed by atoms with E-state index >= 15 is 0 Å². The molecule has 23 heavy (non-hydrogen) atoms. The number of rotatable bonds is 2. The van der Waals surface area contributed by atoms with Crippen LogP contribution in [0.4, 0.5) is 0 Å². The topological polar surface area (TPSA) is 149 Å². The summed E-state index contributed by atoms with van der Waals surface area (Å²) in [6.45, 7) is 0. The van der Waals surface area contributed by atoms with E-state index in [1.807, 2.05) is 0 Å². The first-order valence-corrected chi connectivity index (χ1v) is 8.41. The average Bonchev–Trinajstić information content (AvgIpc) is 2.38. The maximum atomic E-state index is 10.4. The van der Waals surface area contributed by atoms with Crippen LogP contribution in [-0.4, -0.2) is 36.2 Å². The number of benzene rings is 2. The van der Waals surface area contributed by atoms with Crippen LogP contribution in [0.2, 0.25) is 0 Å². The average molecular weight is 414 g/mol. The molecule has 0 spiro atoms. The summed E-state index contributed by atoms with van der Waals surface area (Å²) in [5.74, 6) is -0.0881. The molecule has 11 heteroatoms. The molecule has 2 rings (SSSR count). The van der Waals surface area contributed by atoms with Crippen molar-refractivity contribution in [3.8, 4) is 11.5 Å².